The van der Waals surface area contributed by atoms with Gasteiger partial charge in [0.05, 0.1) is 0 Å². The Morgan fingerprint density at radius 3 is 2.85 bits per heavy atom. The summed E-state index contributed by atoms with van der Waals surface area (Å²) in [4.78, 5) is 0. The molecule has 0 saturated heterocycles. The Balaban J connectivity index is 1.86. The molecule has 0 spiro atoms. The van der Waals surface area contributed by atoms with Gasteiger partial charge in [-0.15, -0.1) is 0 Å². The summed E-state index contributed by atoms with van der Waals surface area (Å²) in [5.74, 6) is 0. The number of rotatable bonds is 3. The zero-order valence-corrected chi connectivity index (χ0v) is 9.75. The molecular weight excluding hydrogens is 273 g/mol. The van der Waals surface area contributed by atoms with Crippen molar-refractivity contribution in [2.75, 3.05) is 0 Å². The lowest BCUT2D eigenvalue weighted by atomic mass is 9.93. The Morgan fingerprint density at radius 1 is 1.38 bits per heavy atom. The standard InChI is InChI=1S/C11H14IN/c12-10-4-1-3-9(7-10)8-13-11-5-2-6-11/h1,3-4,7,11,13H,2,5-6,8H2. The van der Waals surface area contributed by atoms with E-state index >= 15 is 0 Å². The van der Waals surface area contributed by atoms with Gasteiger partial charge in [-0.1, -0.05) is 18.6 Å². The fourth-order valence-electron chi connectivity index (χ4n) is 1.52. The minimum atomic E-state index is 0.790. The molecule has 0 unspecified atom stereocenters. The van der Waals surface area contributed by atoms with Crippen LogP contribution in [0.5, 0.6) is 0 Å². The summed E-state index contributed by atoms with van der Waals surface area (Å²) >= 11 is 2.36. The zero-order valence-electron chi connectivity index (χ0n) is 7.59. The molecule has 1 aliphatic carbocycles. The van der Waals surface area contributed by atoms with Crippen molar-refractivity contribution < 1.29 is 0 Å². The Kier molecular flexibility index (Phi) is 3.22. The van der Waals surface area contributed by atoms with Crippen LogP contribution < -0.4 is 5.32 Å². The van der Waals surface area contributed by atoms with E-state index in [1.54, 1.807) is 0 Å². The highest BCUT2D eigenvalue weighted by Crippen LogP contribution is 2.18. The topological polar surface area (TPSA) is 12.0 Å². The molecule has 0 amide bonds. The van der Waals surface area contributed by atoms with Gasteiger partial charge in [-0.05, 0) is 53.1 Å². The van der Waals surface area contributed by atoms with Crippen LogP contribution in [0.4, 0.5) is 0 Å². The van der Waals surface area contributed by atoms with Gasteiger partial charge in [-0.2, -0.15) is 0 Å². The SMILES string of the molecule is Ic1cccc(CNC2CCC2)c1. The summed E-state index contributed by atoms with van der Waals surface area (Å²) in [7, 11) is 0. The Labute approximate surface area is 93.1 Å². The highest BCUT2D eigenvalue weighted by atomic mass is 127. The highest BCUT2D eigenvalue weighted by molar-refractivity contribution is 14.1. The summed E-state index contributed by atoms with van der Waals surface area (Å²) in [6, 6.07) is 9.48. The van der Waals surface area contributed by atoms with Crippen LogP contribution in [0.25, 0.3) is 0 Å². The van der Waals surface area contributed by atoms with Crippen LogP contribution in [0.1, 0.15) is 24.8 Å². The van der Waals surface area contributed by atoms with E-state index in [1.165, 1.54) is 28.4 Å². The fourth-order valence-corrected chi connectivity index (χ4v) is 2.13. The second kappa shape index (κ2) is 4.42. The van der Waals surface area contributed by atoms with Crippen LogP contribution in [0.3, 0.4) is 0 Å². The number of nitrogens with one attached hydrogen (secondary N) is 1. The molecule has 0 atom stereocenters. The first-order valence-electron chi connectivity index (χ1n) is 4.82. The molecule has 70 valence electrons. The van der Waals surface area contributed by atoms with E-state index < -0.39 is 0 Å². The van der Waals surface area contributed by atoms with E-state index in [1.807, 2.05) is 0 Å². The Morgan fingerprint density at radius 2 is 2.23 bits per heavy atom. The molecule has 0 radical (unpaired) electrons. The lowest BCUT2D eigenvalue weighted by Gasteiger charge is -2.26. The van der Waals surface area contributed by atoms with Gasteiger partial charge in [-0.25, -0.2) is 0 Å². The normalized spacial score (nSPS) is 17.0. The molecule has 2 rings (SSSR count). The number of hydrogen-bond donors (Lipinski definition) is 1. The van der Waals surface area contributed by atoms with Crippen LogP contribution in [-0.2, 0) is 6.54 Å². The van der Waals surface area contributed by atoms with E-state index in [0.717, 1.165) is 12.6 Å². The van der Waals surface area contributed by atoms with Gasteiger partial charge in [0.25, 0.3) is 0 Å². The van der Waals surface area contributed by atoms with Crippen molar-refractivity contribution in [2.24, 2.45) is 0 Å². The van der Waals surface area contributed by atoms with E-state index in [9.17, 15) is 0 Å². The minimum Gasteiger partial charge on any atom is -0.310 e. The maximum absolute atomic E-state index is 3.56. The van der Waals surface area contributed by atoms with Gasteiger partial charge in [0.1, 0.15) is 0 Å². The molecule has 0 heterocycles. The van der Waals surface area contributed by atoms with Crippen molar-refractivity contribution in [1.82, 2.24) is 5.32 Å². The molecule has 13 heavy (non-hydrogen) atoms. The van der Waals surface area contributed by atoms with Crippen molar-refractivity contribution >= 4 is 22.6 Å². The van der Waals surface area contributed by atoms with Crippen molar-refractivity contribution in [3.05, 3.63) is 33.4 Å². The molecule has 0 aromatic heterocycles. The van der Waals surface area contributed by atoms with Crippen molar-refractivity contribution in [2.45, 2.75) is 31.8 Å². The second-order valence-corrected chi connectivity index (χ2v) is 4.88. The number of benzene rings is 1. The van der Waals surface area contributed by atoms with Crippen LogP contribution in [0.15, 0.2) is 24.3 Å². The molecule has 1 saturated carbocycles. The summed E-state index contributed by atoms with van der Waals surface area (Å²) < 4.78 is 1.32. The minimum absolute atomic E-state index is 0.790. The van der Waals surface area contributed by atoms with Gasteiger partial charge < -0.3 is 5.32 Å². The highest BCUT2D eigenvalue weighted by Gasteiger charge is 2.15. The first kappa shape index (κ1) is 9.46. The smallest absolute Gasteiger partial charge is 0.0208 e. The Bertz CT molecular complexity index is 281. The van der Waals surface area contributed by atoms with Crippen LogP contribution in [-0.4, -0.2) is 6.04 Å². The van der Waals surface area contributed by atoms with Gasteiger partial charge in [0.15, 0.2) is 0 Å². The summed E-state index contributed by atoms with van der Waals surface area (Å²) in [5.41, 5.74) is 1.40. The zero-order chi connectivity index (χ0) is 9.10. The van der Waals surface area contributed by atoms with E-state index in [2.05, 4.69) is 52.2 Å². The summed E-state index contributed by atoms with van der Waals surface area (Å²) in [5, 5.41) is 3.56. The molecule has 1 aromatic carbocycles. The monoisotopic (exact) mass is 287 g/mol. The van der Waals surface area contributed by atoms with Crippen molar-refractivity contribution in [1.29, 1.82) is 0 Å². The third-order valence-electron chi connectivity index (χ3n) is 2.59. The van der Waals surface area contributed by atoms with Gasteiger partial charge in [-0.3, -0.25) is 0 Å². The summed E-state index contributed by atoms with van der Waals surface area (Å²) in [6.45, 7) is 1.03. The average Bonchev–Trinajstić information content (AvgIpc) is 2.01. The van der Waals surface area contributed by atoms with Crippen LogP contribution >= 0.6 is 22.6 Å². The molecule has 1 fully saturated rings. The lowest BCUT2D eigenvalue weighted by molar-refractivity contribution is 0.338. The summed E-state index contributed by atoms with van der Waals surface area (Å²) in [6.07, 6.45) is 4.14. The van der Waals surface area contributed by atoms with Crippen molar-refractivity contribution in [3.8, 4) is 0 Å². The van der Waals surface area contributed by atoms with Gasteiger partial charge in [0, 0.05) is 16.2 Å². The lowest BCUT2D eigenvalue weighted by Crippen LogP contribution is -2.34. The number of halogens is 1. The van der Waals surface area contributed by atoms with Crippen molar-refractivity contribution in [3.63, 3.8) is 0 Å². The maximum atomic E-state index is 3.56. The maximum Gasteiger partial charge on any atom is 0.0208 e. The predicted octanol–water partition coefficient (Wildman–Crippen LogP) is 2.93. The van der Waals surface area contributed by atoms with E-state index in [4.69, 9.17) is 0 Å². The molecular formula is C11H14IN. The average molecular weight is 287 g/mol. The Hall–Kier alpha value is -0.0900. The quantitative estimate of drug-likeness (QED) is 0.843. The fraction of sp³-hybridized carbons (Fsp3) is 0.455. The first-order valence-corrected chi connectivity index (χ1v) is 5.90. The van der Waals surface area contributed by atoms with E-state index in [0.29, 0.717) is 0 Å². The molecule has 1 aromatic rings. The van der Waals surface area contributed by atoms with E-state index in [-0.39, 0.29) is 0 Å². The molecule has 0 bridgehead atoms. The third-order valence-corrected chi connectivity index (χ3v) is 3.26. The predicted molar refractivity (Wildman–Crippen MR) is 63.6 cm³/mol. The third kappa shape index (κ3) is 2.68. The van der Waals surface area contributed by atoms with Crippen LogP contribution in [0.2, 0.25) is 0 Å². The second-order valence-electron chi connectivity index (χ2n) is 3.64. The molecule has 2 heteroatoms. The molecule has 1 nitrogen and oxygen atoms in total. The molecule has 1 aliphatic rings. The van der Waals surface area contributed by atoms with Crippen LogP contribution in [0, 0.1) is 3.57 Å². The number of hydrogen-bond acceptors (Lipinski definition) is 1. The van der Waals surface area contributed by atoms with Gasteiger partial charge >= 0.3 is 0 Å². The molecule has 0 aliphatic heterocycles. The molecule has 1 N–H and O–H groups in total. The first-order chi connectivity index (χ1) is 6.34. The largest absolute Gasteiger partial charge is 0.310 e. The van der Waals surface area contributed by atoms with Gasteiger partial charge in [0.2, 0.25) is 0 Å².